The van der Waals surface area contributed by atoms with Gasteiger partial charge >= 0.3 is 0 Å². The molecule has 0 bridgehead atoms. The third kappa shape index (κ3) is 3.19. The van der Waals surface area contributed by atoms with Crippen molar-refractivity contribution >= 4 is 0 Å². The number of likely N-dealkylation sites (N-methyl/N-ethyl adjacent to an activating group) is 1. The lowest BCUT2D eigenvalue weighted by Gasteiger charge is -2.42. The zero-order valence-corrected chi connectivity index (χ0v) is 11.0. The van der Waals surface area contributed by atoms with Gasteiger partial charge in [-0.25, -0.2) is 0 Å². The Morgan fingerprint density at radius 3 is 2.12 bits per heavy atom. The van der Waals surface area contributed by atoms with E-state index in [1.54, 1.807) is 0 Å². The Morgan fingerprint density at radius 2 is 1.56 bits per heavy atom. The molecule has 0 aromatic heterocycles. The van der Waals surface area contributed by atoms with E-state index in [-0.39, 0.29) is 0 Å². The fourth-order valence-corrected chi connectivity index (χ4v) is 2.99. The van der Waals surface area contributed by atoms with E-state index < -0.39 is 0 Å². The van der Waals surface area contributed by atoms with Crippen LogP contribution < -0.4 is 5.32 Å². The van der Waals surface area contributed by atoms with Crippen LogP contribution >= 0.6 is 0 Å². The fourth-order valence-electron chi connectivity index (χ4n) is 2.99. The Kier molecular flexibility index (Phi) is 4.22. The van der Waals surface area contributed by atoms with E-state index in [0.29, 0.717) is 5.41 Å². The highest BCUT2D eigenvalue weighted by Crippen LogP contribution is 2.29. The zero-order valence-electron chi connectivity index (χ0n) is 11.0. The van der Waals surface area contributed by atoms with Gasteiger partial charge in [0, 0.05) is 32.7 Å². The van der Waals surface area contributed by atoms with Crippen molar-refractivity contribution in [1.29, 1.82) is 0 Å². The van der Waals surface area contributed by atoms with E-state index >= 15 is 0 Å². The molecule has 0 atom stereocenters. The van der Waals surface area contributed by atoms with Crippen LogP contribution in [0, 0.1) is 5.41 Å². The lowest BCUT2D eigenvalue weighted by molar-refractivity contribution is 0.0781. The molecular formula is C13H27N3. The summed E-state index contributed by atoms with van der Waals surface area (Å²) < 4.78 is 0. The van der Waals surface area contributed by atoms with Gasteiger partial charge in [-0.2, -0.15) is 0 Å². The minimum atomic E-state index is 0.569. The molecule has 2 saturated heterocycles. The number of nitrogens with one attached hydrogen (secondary N) is 1. The molecule has 2 rings (SSSR count). The van der Waals surface area contributed by atoms with E-state index in [0.717, 1.165) is 0 Å². The molecule has 16 heavy (non-hydrogen) atoms. The average molecular weight is 225 g/mol. The van der Waals surface area contributed by atoms with Crippen LogP contribution in [-0.4, -0.2) is 62.2 Å². The Balaban J connectivity index is 1.77. The van der Waals surface area contributed by atoms with Crippen LogP contribution in [0.15, 0.2) is 0 Å². The smallest absolute Gasteiger partial charge is 0.0110 e. The van der Waals surface area contributed by atoms with Crippen LogP contribution in [-0.2, 0) is 0 Å². The van der Waals surface area contributed by atoms with Gasteiger partial charge in [-0.3, -0.25) is 0 Å². The Bertz CT molecular complexity index is 203. The highest BCUT2D eigenvalue weighted by atomic mass is 15.3. The first kappa shape index (κ1) is 12.3. The highest BCUT2D eigenvalue weighted by molar-refractivity contribution is 4.85. The zero-order chi connectivity index (χ0) is 11.4. The number of hydrogen-bond acceptors (Lipinski definition) is 3. The molecule has 2 heterocycles. The molecule has 2 fully saturated rings. The second kappa shape index (κ2) is 5.48. The molecular weight excluding hydrogens is 198 g/mol. The maximum absolute atomic E-state index is 3.47. The first-order valence-electron chi connectivity index (χ1n) is 6.87. The summed E-state index contributed by atoms with van der Waals surface area (Å²) in [6, 6.07) is 0. The van der Waals surface area contributed by atoms with Crippen molar-refractivity contribution in [3.8, 4) is 0 Å². The number of piperazine rings is 1. The fraction of sp³-hybridized carbons (Fsp3) is 1.00. The summed E-state index contributed by atoms with van der Waals surface area (Å²) in [5.41, 5.74) is 0.569. The number of piperidine rings is 1. The molecule has 0 aliphatic carbocycles. The predicted octanol–water partition coefficient (Wildman–Crippen LogP) is 1.01. The van der Waals surface area contributed by atoms with Crippen LogP contribution in [0.4, 0.5) is 0 Å². The molecule has 3 heteroatoms. The third-order valence-electron chi connectivity index (χ3n) is 4.33. The van der Waals surface area contributed by atoms with Crippen LogP contribution in [0.5, 0.6) is 0 Å². The van der Waals surface area contributed by atoms with Gasteiger partial charge in [-0.1, -0.05) is 13.8 Å². The minimum absolute atomic E-state index is 0.569. The van der Waals surface area contributed by atoms with Gasteiger partial charge < -0.3 is 15.1 Å². The third-order valence-corrected chi connectivity index (χ3v) is 4.33. The highest BCUT2D eigenvalue weighted by Gasteiger charge is 2.29. The quantitative estimate of drug-likeness (QED) is 0.773. The Hall–Kier alpha value is -0.120. The molecule has 2 aliphatic heterocycles. The molecule has 3 nitrogen and oxygen atoms in total. The first-order valence-corrected chi connectivity index (χ1v) is 6.87. The Morgan fingerprint density at radius 1 is 1.00 bits per heavy atom. The number of nitrogens with zero attached hydrogens (tertiary/aromatic N) is 2. The van der Waals surface area contributed by atoms with Gasteiger partial charge in [-0.05, 0) is 37.9 Å². The van der Waals surface area contributed by atoms with E-state index in [4.69, 9.17) is 0 Å². The van der Waals surface area contributed by atoms with Crippen molar-refractivity contribution in [3.63, 3.8) is 0 Å². The summed E-state index contributed by atoms with van der Waals surface area (Å²) in [4.78, 5) is 5.23. The molecule has 0 radical (unpaired) electrons. The summed E-state index contributed by atoms with van der Waals surface area (Å²) in [7, 11) is 0. The average Bonchev–Trinajstić information content (AvgIpc) is 2.30. The van der Waals surface area contributed by atoms with Crippen molar-refractivity contribution in [2.24, 2.45) is 5.41 Å². The van der Waals surface area contributed by atoms with E-state index in [9.17, 15) is 0 Å². The van der Waals surface area contributed by atoms with Gasteiger partial charge in [0.2, 0.25) is 0 Å². The molecule has 0 aromatic carbocycles. The SMILES string of the molecule is CCN1CCN(CC2(C)CCNCC2)CC1. The normalized spacial score (nSPS) is 28.1. The molecule has 0 unspecified atom stereocenters. The van der Waals surface area contributed by atoms with E-state index in [1.165, 1.54) is 65.2 Å². The summed E-state index contributed by atoms with van der Waals surface area (Å²) in [6.07, 6.45) is 2.70. The molecule has 2 aliphatic rings. The first-order chi connectivity index (χ1) is 7.72. The van der Waals surface area contributed by atoms with Gasteiger partial charge in [0.1, 0.15) is 0 Å². The number of hydrogen-bond donors (Lipinski definition) is 1. The van der Waals surface area contributed by atoms with Crippen LogP contribution in [0.3, 0.4) is 0 Å². The molecule has 1 N–H and O–H groups in total. The van der Waals surface area contributed by atoms with Crippen LogP contribution in [0.2, 0.25) is 0 Å². The molecule has 94 valence electrons. The Labute approximate surface area is 100 Å². The van der Waals surface area contributed by atoms with Crippen LogP contribution in [0.1, 0.15) is 26.7 Å². The molecule has 0 spiro atoms. The van der Waals surface area contributed by atoms with Crippen LogP contribution in [0.25, 0.3) is 0 Å². The van der Waals surface area contributed by atoms with Gasteiger partial charge in [0.15, 0.2) is 0 Å². The van der Waals surface area contributed by atoms with Crippen molar-refractivity contribution < 1.29 is 0 Å². The monoisotopic (exact) mass is 225 g/mol. The number of rotatable bonds is 3. The van der Waals surface area contributed by atoms with Crippen molar-refractivity contribution in [1.82, 2.24) is 15.1 Å². The largest absolute Gasteiger partial charge is 0.317 e. The standard InChI is InChI=1S/C13H27N3/c1-3-15-8-10-16(11-9-15)12-13(2)4-6-14-7-5-13/h14H,3-12H2,1-2H3. The molecule has 0 saturated carbocycles. The maximum atomic E-state index is 3.47. The minimum Gasteiger partial charge on any atom is -0.317 e. The summed E-state index contributed by atoms with van der Waals surface area (Å²) in [6.45, 7) is 14.8. The van der Waals surface area contributed by atoms with Gasteiger partial charge in [0.25, 0.3) is 0 Å². The van der Waals surface area contributed by atoms with Gasteiger partial charge in [-0.15, -0.1) is 0 Å². The van der Waals surface area contributed by atoms with Crippen molar-refractivity contribution in [2.75, 3.05) is 52.4 Å². The van der Waals surface area contributed by atoms with E-state index in [2.05, 4.69) is 29.0 Å². The van der Waals surface area contributed by atoms with E-state index in [1.807, 2.05) is 0 Å². The lowest BCUT2D eigenvalue weighted by Crippen LogP contribution is -2.50. The molecule has 0 amide bonds. The van der Waals surface area contributed by atoms with Crippen molar-refractivity contribution in [3.05, 3.63) is 0 Å². The lowest BCUT2D eigenvalue weighted by atomic mass is 9.80. The molecule has 0 aromatic rings. The second-order valence-electron chi connectivity index (χ2n) is 5.77. The predicted molar refractivity (Wildman–Crippen MR) is 68.8 cm³/mol. The summed E-state index contributed by atoms with van der Waals surface area (Å²) in [5.74, 6) is 0. The van der Waals surface area contributed by atoms with Gasteiger partial charge in [0.05, 0.1) is 0 Å². The summed E-state index contributed by atoms with van der Waals surface area (Å²) >= 11 is 0. The summed E-state index contributed by atoms with van der Waals surface area (Å²) in [5, 5.41) is 3.47. The van der Waals surface area contributed by atoms with Crippen molar-refractivity contribution in [2.45, 2.75) is 26.7 Å². The second-order valence-corrected chi connectivity index (χ2v) is 5.77. The maximum Gasteiger partial charge on any atom is 0.0110 e. The topological polar surface area (TPSA) is 18.5 Å².